The molecule has 0 bridgehead atoms. The number of nitrogens with one attached hydrogen (secondary N) is 1. The summed E-state index contributed by atoms with van der Waals surface area (Å²) in [5.41, 5.74) is 0.247. The molecule has 7 heteroatoms. The van der Waals surface area contributed by atoms with E-state index < -0.39 is 0 Å². The van der Waals surface area contributed by atoms with E-state index >= 15 is 0 Å². The van der Waals surface area contributed by atoms with Gasteiger partial charge in [0.05, 0.1) is 18.3 Å². The van der Waals surface area contributed by atoms with Crippen molar-refractivity contribution in [2.45, 2.75) is 6.54 Å². The summed E-state index contributed by atoms with van der Waals surface area (Å²) < 4.78 is 2.33. The normalized spacial score (nSPS) is 10.3. The zero-order valence-corrected chi connectivity index (χ0v) is 11.0. The Kier molecular flexibility index (Phi) is 3.93. The molecule has 1 aromatic carbocycles. The topological polar surface area (TPSA) is 80.0 Å². The molecule has 0 saturated heterocycles. The van der Waals surface area contributed by atoms with Gasteiger partial charge in [0.25, 0.3) is 5.91 Å². The lowest BCUT2D eigenvalue weighted by Crippen LogP contribution is -2.27. The second kappa shape index (κ2) is 5.63. The molecule has 2 N–H and O–H groups in total. The highest BCUT2D eigenvalue weighted by molar-refractivity contribution is 9.10. The van der Waals surface area contributed by atoms with Crippen LogP contribution in [0.15, 0.2) is 35.1 Å². The van der Waals surface area contributed by atoms with Gasteiger partial charge in [0.1, 0.15) is 5.75 Å². The summed E-state index contributed by atoms with van der Waals surface area (Å²) >= 11 is 3.21. The zero-order chi connectivity index (χ0) is 13.0. The van der Waals surface area contributed by atoms with Crippen LogP contribution in [0.1, 0.15) is 10.4 Å². The van der Waals surface area contributed by atoms with E-state index in [1.165, 1.54) is 6.07 Å². The van der Waals surface area contributed by atoms with Gasteiger partial charge in [-0.05, 0) is 18.2 Å². The van der Waals surface area contributed by atoms with Crippen molar-refractivity contribution in [3.63, 3.8) is 0 Å². The molecule has 0 spiro atoms. The van der Waals surface area contributed by atoms with E-state index in [1.54, 1.807) is 29.2 Å². The Morgan fingerprint density at radius 2 is 2.33 bits per heavy atom. The van der Waals surface area contributed by atoms with Gasteiger partial charge in [-0.15, -0.1) is 5.10 Å². The second-order valence-electron chi connectivity index (χ2n) is 3.58. The zero-order valence-electron chi connectivity index (χ0n) is 9.38. The number of halogens is 1. The van der Waals surface area contributed by atoms with E-state index in [0.717, 1.165) is 4.47 Å². The number of aromatic hydroxyl groups is 1. The molecule has 1 heterocycles. The standard InChI is InChI=1S/C11H11BrN4O2/c12-8-1-2-9(10(17)7-8)11(18)13-3-5-16-6-4-14-15-16/h1-2,4,6-7,17H,3,5H2,(H,13,18). The Bertz CT molecular complexity index is 542. The van der Waals surface area contributed by atoms with Crippen LogP contribution in [0.2, 0.25) is 0 Å². The molecule has 0 saturated carbocycles. The highest BCUT2D eigenvalue weighted by Crippen LogP contribution is 2.21. The summed E-state index contributed by atoms with van der Waals surface area (Å²) in [6.45, 7) is 0.945. The average Bonchev–Trinajstić information content (AvgIpc) is 2.81. The number of hydrogen-bond donors (Lipinski definition) is 2. The number of aromatic nitrogens is 3. The highest BCUT2D eigenvalue weighted by Gasteiger charge is 2.10. The van der Waals surface area contributed by atoms with Gasteiger partial charge in [-0.25, -0.2) is 0 Å². The quantitative estimate of drug-likeness (QED) is 0.888. The molecule has 1 amide bonds. The number of rotatable bonds is 4. The fourth-order valence-electron chi connectivity index (χ4n) is 1.43. The summed E-state index contributed by atoms with van der Waals surface area (Å²) in [4.78, 5) is 11.8. The number of benzene rings is 1. The minimum absolute atomic E-state index is 0.0531. The summed E-state index contributed by atoms with van der Waals surface area (Å²) in [6, 6.07) is 4.74. The predicted molar refractivity (Wildman–Crippen MR) is 68.2 cm³/mol. The van der Waals surface area contributed by atoms with Crippen LogP contribution in [0.3, 0.4) is 0 Å². The van der Waals surface area contributed by atoms with Gasteiger partial charge in [0.15, 0.2) is 0 Å². The molecule has 2 rings (SSSR count). The first-order valence-corrected chi connectivity index (χ1v) is 6.07. The predicted octanol–water partition coefficient (Wildman–Crippen LogP) is 1.18. The number of carbonyl (C=O) groups is 1. The fraction of sp³-hybridized carbons (Fsp3) is 0.182. The molecule has 6 nitrogen and oxygen atoms in total. The number of hydrogen-bond acceptors (Lipinski definition) is 4. The van der Waals surface area contributed by atoms with Crippen LogP contribution in [-0.4, -0.2) is 32.6 Å². The third-order valence-electron chi connectivity index (χ3n) is 2.30. The van der Waals surface area contributed by atoms with E-state index in [2.05, 4.69) is 31.6 Å². The molecular formula is C11H11BrN4O2. The van der Waals surface area contributed by atoms with E-state index in [9.17, 15) is 9.90 Å². The molecule has 0 aliphatic heterocycles. The maximum absolute atomic E-state index is 11.8. The van der Waals surface area contributed by atoms with Crippen molar-refractivity contribution in [1.29, 1.82) is 0 Å². The van der Waals surface area contributed by atoms with Gasteiger partial charge < -0.3 is 10.4 Å². The second-order valence-corrected chi connectivity index (χ2v) is 4.50. The van der Waals surface area contributed by atoms with Crippen molar-refractivity contribution in [3.05, 3.63) is 40.6 Å². The Labute approximate surface area is 112 Å². The number of nitrogens with zero attached hydrogens (tertiary/aromatic N) is 3. The summed E-state index contributed by atoms with van der Waals surface area (Å²) in [5, 5.41) is 19.8. The molecule has 0 fully saturated rings. The lowest BCUT2D eigenvalue weighted by molar-refractivity contribution is 0.0949. The van der Waals surface area contributed by atoms with Crippen LogP contribution in [0.5, 0.6) is 5.75 Å². The van der Waals surface area contributed by atoms with Crippen LogP contribution >= 0.6 is 15.9 Å². The number of phenols is 1. The van der Waals surface area contributed by atoms with Crippen LogP contribution in [0.4, 0.5) is 0 Å². The number of phenolic OH excluding ortho intramolecular Hbond substituents is 1. The summed E-state index contributed by atoms with van der Waals surface area (Å²) in [6.07, 6.45) is 3.28. The third kappa shape index (κ3) is 3.07. The van der Waals surface area contributed by atoms with Crippen molar-refractivity contribution in [2.75, 3.05) is 6.54 Å². The van der Waals surface area contributed by atoms with E-state index in [-0.39, 0.29) is 17.2 Å². The SMILES string of the molecule is O=C(NCCn1ccnn1)c1ccc(Br)cc1O. The monoisotopic (exact) mass is 310 g/mol. The smallest absolute Gasteiger partial charge is 0.255 e. The first-order chi connectivity index (χ1) is 8.66. The number of carbonyl (C=O) groups excluding carboxylic acids is 1. The highest BCUT2D eigenvalue weighted by atomic mass is 79.9. The molecule has 0 radical (unpaired) electrons. The lowest BCUT2D eigenvalue weighted by atomic mass is 10.2. The molecule has 2 aromatic rings. The summed E-state index contributed by atoms with van der Waals surface area (Å²) in [7, 11) is 0. The van der Waals surface area contributed by atoms with Crippen molar-refractivity contribution >= 4 is 21.8 Å². The van der Waals surface area contributed by atoms with Crippen LogP contribution in [-0.2, 0) is 6.54 Å². The Morgan fingerprint density at radius 1 is 1.50 bits per heavy atom. The molecule has 0 unspecified atom stereocenters. The van der Waals surface area contributed by atoms with Crippen molar-refractivity contribution < 1.29 is 9.90 Å². The van der Waals surface area contributed by atoms with Gasteiger partial charge in [-0.3, -0.25) is 9.48 Å². The van der Waals surface area contributed by atoms with Gasteiger partial charge in [0.2, 0.25) is 0 Å². The largest absolute Gasteiger partial charge is 0.507 e. The Morgan fingerprint density at radius 3 is 3.00 bits per heavy atom. The first-order valence-electron chi connectivity index (χ1n) is 5.27. The molecule has 18 heavy (non-hydrogen) atoms. The molecular weight excluding hydrogens is 300 g/mol. The van der Waals surface area contributed by atoms with Crippen molar-refractivity contribution in [1.82, 2.24) is 20.3 Å². The van der Waals surface area contributed by atoms with Crippen LogP contribution in [0.25, 0.3) is 0 Å². The van der Waals surface area contributed by atoms with Gasteiger partial charge in [0, 0.05) is 17.2 Å². The fourth-order valence-corrected chi connectivity index (χ4v) is 1.78. The van der Waals surface area contributed by atoms with Crippen LogP contribution in [0, 0.1) is 0 Å². The van der Waals surface area contributed by atoms with Crippen LogP contribution < -0.4 is 5.32 Å². The maximum atomic E-state index is 11.8. The molecule has 0 aliphatic carbocycles. The Balaban J connectivity index is 1.91. The number of amides is 1. The van der Waals surface area contributed by atoms with E-state index in [1.807, 2.05) is 0 Å². The molecule has 94 valence electrons. The minimum Gasteiger partial charge on any atom is -0.507 e. The Hall–Kier alpha value is -1.89. The van der Waals surface area contributed by atoms with Gasteiger partial charge in [-0.2, -0.15) is 0 Å². The first kappa shape index (κ1) is 12.6. The van der Waals surface area contributed by atoms with E-state index in [0.29, 0.717) is 13.1 Å². The van der Waals surface area contributed by atoms with Gasteiger partial charge >= 0.3 is 0 Å². The van der Waals surface area contributed by atoms with Crippen molar-refractivity contribution in [2.24, 2.45) is 0 Å². The average molecular weight is 311 g/mol. The van der Waals surface area contributed by atoms with E-state index in [4.69, 9.17) is 0 Å². The minimum atomic E-state index is -0.319. The van der Waals surface area contributed by atoms with Gasteiger partial charge in [-0.1, -0.05) is 21.1 Å². The maximum Gasteiger partial charge on any atom is 0.255 e. The molecule has 0 atom stereocenters. The third-order valence-corrected chi connectivity index (χ3v) is 2.80. The van der Waals surface area contributed by atoms with Crippen molar-refractivity contribution in [3.8, 4) is 5.75 Å². The molecule has 0 aliphatic rings. The summed E-state index contributed by atoms with van der Waals surface area (Å²) in [5.74, 6) is -0.372. The lowest BCUT2D eigenvalue weighted by Gasteiger charge is -2.06. The molecule has 1 aromatic heterocycles.